The normalized spacial score (nSPS) is 11.1. The Kier molecular flexibility index (Phi) is 8.52. The smallest absolute Gasteiger partial charge is 0.160 e. The van der Waals surface area contributed by atoms with E-state index in [9.17, 15) is 5.26 Å². The number of fused-ring (bicyclic) bond motifs is 3. The molecule has 0 saturated carbocycles. The first kappa shape index (κ1) is 33.7. The zero-order valence-electron chi connectivity index (χ0n) is 30.9. The summed E-state index contributed by atoms with van der Waals surface area (Å²) in [5.74, 6) is 0.553. The fourth-order valence-corrected chi connectivity index (χ4v) is 7.93. The second kappa shape index (κ2) is 14.4. The van der Waals surface area contributed by atoms with Crippen LogP contribution >= 0.6 is 0 Å². The van der Waals surface area contributed by atoms with Crippen LogP contribution in [0.15, 0.2) is 206 Å². The van der Waals surface area contributed by atoms with Gasteiger partial charge in [-0.3, -0.25) is 0 Å². The van der Waals surface area contributed by atoms with E-state index < -0.39 is 0 Å². The van der Waals surface area contributed by atoms with Gasteiger partial charge >= 0.3 is 0 Å². The van der Waals surface area contributed by atoms with Crippen molar-refractivity contribution in [3.8, 4) is 79.0 Å². The van der Waals surface area contributed by atoms with Crippen LogP contribution in [0, 0.1) is 11.3 Å². The van der Waals surface area contributed by atoms with Gasteiger partial charge in [0, 0.05) is 33.0 Å². The molecule has 0 bridgehead atoms. The van der Waals surface area contributed by atoms with Crippen LogP contribution in [0.1, 0.15) is 5.56 Å². The van der Waals surface area contributed by atoms with Gasteiger partial charge in [-0.1, -0.05) is 164 Å². The van der Waals surface area contributed by atoms with E-state index in [-0.39, 0.29) is 0 Å². The minimum absolute atomic E-state index is 0.450. The van der Waals surface area contributed by atoms with E-state index in [1.54, 1.807) is 0 Å². The first-order valence-electron chi connectivity index (χ1n) is 19.1. The topological polar surface area (TPSA) is 54.5 Å². The number of hydrogen-bond donors (Lipinski definition) is 0. The van der Waals surface area contributed by atoms with Crippen LogP contribution in [-0.4, -0.2) is 14.5 Å². The molecule has 0 N–H and O–H groups in total. The Morgan fingerprint density at radius 2 is 0.772 bits per heavy atom. The van der Waals surface area contributed by atoms with Crippen LogP contribution in [0.3, 0.4) is 0 Å². The summed E-state index contributed by atoms with van der Waals surface area (Å²) in [5, 5.41) is 12.9. The maximum Gasteiger partial charge on any atom is 0.160 e. The van der Waals surface area contributed by atoms with Crippen LogP contribution in [0.25, 0.3) is 94.8 Å². The molecule has 0 aliphatic heterocycles. The Morgan fingerprint density at radius 3 is 1.21 bits per heavy atom. The average molecular weight is 727 g/mol. The minimum Gasteiger partial charge on any atom is -0.309 e. The summed E-state index contributed by atoms with van der Waals surface area (Å²) in [4.78, 5) is 10.3. The lowest BCUT2D eigenvalue weighted by Crippen LogP contribution is -2.02. The van der Waals surface area contributed by atoms with Crippen LogP contribution in [0.2, 0.25) is 0 Å². The van der Waals surface area contributed by atoms with Gasteiger partial charge in [-0.05, 0) is 70.3 Å². The number of aromatic nitrogens is 3. The fourth-order valence-electron chi connectivity index (χ4n) is 7.93. The fraction of sp³-hybridized carbons (Fsp3) is 0. The maximum absolute atomic E-state index is 10.5. The number of hydrogen-bond acceptors (Lipinski definition) is 3. The second-order valence-electron chi connectivity index (χ2n) is 14.1. The first-order valence-corrected chi connectivity index (χ1v) is 19.1. The predicted octanol–water partition coefficient (Wildman–Crippen LogP) is 13.4. The summed E-state index contributed by atoms with van der Waals surface area (Å²) >= 11 is 0. The standard InChI is InChI=1S/C53H34N4/c54-35-47-51(39-22-12-4-13-23-39)55-53(56-52(47)40-24-14-5-15-25-40)43-28-31-48(44(34-43)38-20-10-3-11-21-38)57-49-29-26-41(36-16-6-1-7-17-36)32-45(49)46-33-42(27-30-50(46)57)37-18-8-2-9-19-37/h1-34H. The molecular weight excluding hydrogens is 693 g/mol. The summed E-state index contributed by atoms with van der Waals surface area (Å²) in [5.41, 5.74) is 14.4. The van der Waals surface area contributed by atoms with Gasteiger partial charge in [0.25, 0.3) is 0 Å². The van der Waals surface area contributed by atoms with Crippen molar-refractivity contribution < 1.29 is 0 Å². The van der Waals surface area contributed by atoms with Crippen molar-refractivity contribution in [1.29, 1.82) is 5.26 Å². The molecule has 2 aromatic heterocycles. The first-order chi connectivity index (χ1) is 28.2. The van der Waals surface area contributed by atoms with E-state index in [1.807, 2.05) is 66.7 Å². The molecule has 0 amide bonds. The number of nitriles is 1. The third kappa shape index (κ3) is 6.14. The molecule has 0 radical (unpaired) electrons. The van der Waals surface area contributed by atoms with E-state index in [0.717, 1.165) is 44.5 Å². The summed E-state index contributed by atoms with van der Waals surface area (Å²) in [6.45, 7) is 0. The Morgan fingerprint density at radius 1 is 0.368 bits per heavy atom. The molecule has 8 aromatic carbocycles. The van der Waals surface area contributed by atoms with E-state index in [0.29, 0.717) is 22.8 Å². The van der Waals surface area contributed by atoms with Gasteiger partial charge in [0.05, 0.1) is 28.1 Å². The Labute approximate surface area is 331 Å². The maximum atomic E-state index is 10.5. The monoisotopic (exact) mass is 726 g/mol. The van der Waals surface area contributed by atoms with Crippen molar-refractivity contribution >= 4 is 21.8 Å². The summed E-state index contributed by atoms with van der Waals surface area (Å²) in [6, 6.07) is 74.0. The van der Waals surface area contributed by atoms with Gasteiger partial charge in [0.15, 0.2) is 5.82 Å². The predicted molar refractivity (Wildman–Crippen MR) is 234 cm³/mol. The van der Waals surface area contributed by atoms with Crippen LogP contribution in [0.5, 0.6) is 0 Å². The van der Waals surface area contributed by atoms with E-state index in [4.69, 9.17) is 9.97 Å². The lowest BCUT2D eigenvalue weighted by atomic mass is 9.98. The molecule has 10 rings (SSSR count). The molecule has 4 heteroatoms. The highest BCUT2D eigenvalue weighted by Gasteiger charge is 2.21. The van der Waals surface area contributed by atoms with Gasteiger partial charge in [-0.2, -0.15) is 5.26 Å². The van der Waals surface area contributed by atoms with Gasteiger partial charge < -0.3 is 4.57 Å². The highest BCUT2D eigenvalue weighted by Crippen LogP contribution is 2.41. The largest absolute Gasteiger partial charge is 0.309 e. The molecule has 0 atom stereocenters. The Balaban J connectivity index is 1.23. The molecule has 0 fully saturated rings. The highest BCUT2D eigenvalue weighted by molar-refractivity contribution is 6.12. The van der Waals surface area contributed by atoms with Gasteiger partial charge in [-0.25, -0.2) is 9.97 Å². The van der Waals surface area contributed by atoms with Crippen LogP contribution < -0.4 is 0 Å². The molecule has 0 unspecified atom stereocenters. The lowest BCUT2D eigenvalue weighted by molar-refractivity contribution is 1.16. The minimum atomic E-state index is 0.450. The Bertz CT molecular complexity index is 2940. The van der Waals surface area contributed by atoms with E-state index in [2.05, 4.69) is 150 Å². The van der Waals surface area contributed by atoms with Gasteiger partial charge in [0.2, 0.25) is 0 Å². The van der Waals surface area contributed by atoms with Gasteiger partial charge in [-0.15, -0.1) is 0 Å². The Hall–Kier alpha value is -7.87. The molecule has 0 aliphatic carbocycles. The summed E-state index contributed by atoms with van der Waals surface area (Å²) in [7, 11) is 0. The van der Waals surface area contributed by atoms with Crippen molar-refractivity contribution in [2.75, 3.05) is 0 Å². The van der Waals surface area contributed by atoms with Crippen molar-refractivity contribution in [3.63, 3.8) is 0 Å². The molecule has 0 aliphatic rings. The van der Waals surface area contributed by atoms with Crippen molar-refractivity contribution in [1.82, 2.24) is 14.5 Å². The van der Waals surface area contributed by atoms with Gasteiger partial charge in [0.1, 0.15) is 11.6 Å². The molecule has 10 aromatic rings. The summed E-state index contributed by atoms with van der Waals surface area (Å²) in [6.07, 6.45) is 0. The van der Waals surface area contributed by atoms with E-state index in [1.165, 1.54) is 33.0 Å². The van der Waals surface area contributed by atoms with Crippen LogP contribution in [0.4, 0.5) is 0 Å². The summed E-state index contributed by atoms with van der Waals surface area (Å²) < 4.78 is 2.39. The van der Waals surface area contributed by atoms with Crippen molar-refractivity contribution in [3.05, 3.63) is 212 Å². The molecule has 0 saturated heterocycles. The molecule has 57 heavy (non-hydrogen) atoms. The zero-order chi connectivity index (χ0) is 38.1. The lowest BCUT2D eigenvalue weighted by Gasteiger charge is -2.17. The molecule has 266 valence electrons. The number of rotatable bonds is 7. The molecule has 0 spiro atoms. The number of nitrogens with zero attached hydrogens (tertiary/aromatic N) is 4. The number of benzene rings is 8. The third-order valence-corrected chi connectivity index (χ3v) is 10.7. The van der Waals surface area contributed by atoms with Crippen molar-refractivity contribution in [2.45, 2.75) is 0 Å². The molecular formula is C53H34N4. The van der Waals surface area contributed by atoms with Crippen molar-refractivity contribution in [2.24, 2.45) is 0 Å². The molecule has 2 heterocycles. The van der Waals surface area contributed by atoms with E-state index >= 15 is 0 Å². The quantitative estimate of drug-likeness (QED) is 0.164. The third-order valence-electron chi connectivity index (χ3n) is 10.7. The molecule has 4 nitrogen and oxygen atoms in total. The second-order valence-corrected chi connectivity index (χ2v) is 14.1. The SMILES string of the molecule is N#Cc1c(-c2ccccc2)nc(-c2ccc(-n3c4ccc(-c5ccccc5)cc4c4cc(-c5ccccc5)ccc43)c(-c3ccccc3)c2)nc1-c1ccccc1. The highest BCUT2D eigenvalue weighted by atomic mass is 15.0. The zero-order valence-corrected chi connectivity index (χ0v) is 30.9. The van der Waals surface area contributed by atoms with Crippen LogP contribution in [-0.2, 0) is 0 Å². The average Bonchev–Trinajstić information content (AvgIpc) is 3.62.